The van der Waals surface area contributed by atoms with Crippen molar-refractivity contribution < 1.29 is 13.9 Å². The van der Waals surface area contributed by atoms with Crippen LogP contribution in [0.4, 0.5) is 4.39 Å². The van der Waals surface area contributed by atoms with Gasteiger partial charge in [-0.3, -0.25) is 0 Å². The minimum atomic E-state index is -0.494. The van der Waals surface area contributed by atoms with Crippen molar-refractivity contribution in [3.8, 4) is 0 Å². The number of nitrogens with zero attached hydrogens (tertiary/aromatic N) is 3. The molecule has 0 spiro atoms. The number of hydrogen-bond donors (Lipinski definition) is 0. The van der Waals surface area contributed by atoms with Crippen LogP contribution in [0, 0.1) is 5.82 Å². The highest BCUT2D eigenvalue weighted by atomic mass is 19.1. The summed E-state index contributed by atoms with van der Waals surface area (Å²) in [5.74, 6) is -0.249. The van der Waals surface area contributed by atoms with E-state index in [0.29, 0.717) is 25.5 Å². The van der Waals surface area contributed by atoms with Gasteiger partial charge < -0.3 is 9.47 Å². The van der Waals surface area contributed by atoms with E-state index in [2.05, 4.69) is 10.3 Å². The van der Waals surface area contributed by atoms with E-state index in [1.165, 1.54) is 12.1 Å². The number of benzene rings is 1. The zero-order chi connectivity index (χ0) is 14.4. The highest BCUT2D eigenvalue weighted by Crippen LogP contribution is 2.16. The molecule has 2 aromatic rings. The van der Waals surface area contributed by atoms with E-state index < -0.39 is 6.29 Å². The SMILES string of the molecule is CCOC(OCC)c1cn(Cc2ccc(F)cc2)nn1. The van der Waals surface area contributed by atoms with Gasteiger partial charge in [0.05, 0.1) is 12.7 Å². The van der Waals surface area contributed by atoms with Gasteiger partial charge in [-0.05, 0) is 31.5 Å². The molecule has 0 bridgehead atoms. The van der Waals surface area contributed by atoms with Crippen LogP contribution in [0.5, 0.6) is 0 Å². The first-order chi connectivity index (χ1) is 9.72. The lowest BCUT2D eigenvalue weighted by Gasteiger charge is -2.13. The van der Waals surface area contributed by atoms with Gasteiger partial charge in [-0.2, -0.15) is 0 Å². The Morgan fingerprint density at radius 3 is 2.40 bits per heavy atom. The molecule has 0 fully saturated rings. The van der Waals surface area contributed by atoms with Gasteiger partial charge >= 0.3 is 0 Å². The molecule has 0 radical (unpaired) electrons. The van der Waals surface area contributed by atoms with Crippen LogP contribution in [0.1, 0.15) is 31.4 Å². The number of ether oxygens (including phenoxy) is 2. The van der Waals surface area contributed by atoms with E-state index in [1.807, 2.05) is 13.8 Å². The second-order valence-electron chi connectivity index (χ2n) is 4.21. The number of aromatic nitrogens is 3. The lowest BCUT2D eigenvalue weighted by atomic mass is 10.2. The lowest BCUT2D eigenvalue weighted by Crippen LogP contribution is -2.09. The van der Waals surface area contributed by atoms with Crippen molar-refractivity contribution in [1.82, 2.24) is 15.0 Å². The summed E-state index contributed by atoms with van der Waals surface area (Å²) in [5, 5.41) is 8.09. The van der Waals surface area contributed by atoms with Crippen LogP contribution in [-0.4, -0.2) is 28.2 Å². The molecule has 1 heterocycles. The molecule has 0 atom stereocenters. The summed E-state index contributed by atoms with van der Waals surface area (Å²) in [6.07, 6.45) is 1.28. The van der Waals surface area contributed by atoms with Crippen molar-refractivity contribution in [2.24, 2.45) is 0 Å². The highest BCUT2D eigenvalue weighted by Gasteiger charge is 2.15. The Hall–Kier alpha value is -1.79. The van der Waals surface area contributed by atoms with Crippen LogP contribution >= 0.6 is 0 Å². The van der Waals surface area contributed by atoms with Gasteiger partial charge in [0.25, 0.3) is 0 Å². The Kier molecular flexibility index (Phi) is 5.20. The minimum Gasteiger partial charge on any atom is -0.347 e. The van der Waals surface area contributed by atoms with Crippen molar-refractivity contribution in [2.75, 3.05) is 13.2 Å². The van der Waals surface area contributed by atoms with Gasteiger partial charge in [0.15, 0.2) is 0 Å². The summed E-state index contributed by atoms with van der Waals surface area (Å²) in [4.78, 5) is 0. The summed E-state index contributed by atoms with van der Waals surface area (Å²) < 4.78 is 25.4. The zero-order valence-corrected chi connectivity index (χ0v) is 11.6. The smallest absolute Gasteiger partial charge is 0.204 e. The molecule has 0 aliphatic carbocycles. The Balaban J connectivity index is 2.05. The Bertz CT molecular complexity index is 521. The molecule has 20 heavy (non-hydrogen) atoms. The summed E-state index contributed by atoms with van der Waals surface area (Å²) >= 11 is 0. The molecule has 0 amide bonds. The molecule has 0 aliphatic rings. The first-order valence-electron chi connectivity index (χ1n) is 6.60. The first-order valence-corrected chi connectivity index (χ1v) is 6.60. The normalized spacial score (nSPS) is 11.2. The molecule has 0 unspecified atom stereocenters. The average molecular weight is 279 g/mol. The van der Waals surface area contributed by atoms with E-state index in [4.69, 9.17) is 9.47 Å². The fourth-order valence-corrected chi connectivity index (χ4v) is 1.80. The van der Waals surface area contributed by atoms with Gasteiger partial charge in [-0.25, -0.2) is 9.07 Å². The van der Waals surface area contributed by atoms with E-state index in [-0.39, 0.29) is 5.82 Å². The maximum atomic E-state index is 12.8. The molecular formula is C14H18FN3O2. The molecule has 2 rings (SSSR count). The average Bonchev–Trinajstić information content (AvgIpc) is 2.90. The fourth-order valence-electron chi connectivity index (χ4n) is 1.80. The zero-order valence-electron chi connectivity index (χ0n) is 11.6. The molecule has 0 aliphatic heterocycles. The van der Waals surface area contributed by atoms with Gasteiger partial charge in [-0.15, -0.1) is 5.10 Å². The maximum Gasteiger partial charge on any atom is 0.204 e. The molecule has 0 N–H and O–H groups in total. The van der Waals surface area contributed by atoms with Crippen LogP contribution in [0.25, 0.3) is 0 Å². The van der Waals surface area contributed by atoms with Crippen LogP contribution < -0.4 is 0 Å². The predicted molar refractivity (Wildman–Crippen MR) is 71.5 cm³/mol. The first kappa shape index (κ1) is 14.6. The molecule has 5 nitrogen and oxygen atoms in total. The third kappa shape index (κ3) is 3.85. The van der Waals surface area contributed by atoms with Crippen molar-refractivity contribution in [1.29, 1.82) is 0 Å². The van der Waals surface area contributed by atoms with Gasteiger partial charge in [0.1, 0.15) is 11.5 Å². The van der Waals surface area contributed by atoms with E-state index in [9.17, 15) is 4.39 Å². The van der Waals surface area contributed by atoms with Crippen LogP contribution in [0.2, 0.25) is 0 Å². The largest absolute Gasteiger partial charge is 0.347 e. The third-order valence-electron chi connectivity index (χ3n) is 2.69. The Morgan fingerprint density at radius 1 is 1.15 bits per heavy atom. The minimum absolute atomic E-state index is 0.249. The van der Waals surface area contributed by atoms with E-state index >= 15 is 0 Å². The number of halogens is 1. The fraction of sp³-hybridized carbons (Fsp3) is 0.429. The van der Waals surface area contributed by atoms with Crippen LogP contribution in [0.15, 0.2) is 30.5 Å². The van der Waals surface area contributed by atoms with Crippen LogP contribution in [0.3, 0.4) is 0 Å². The Labute approximate surface area is 117 Å². The lowest BCUT2D eigenvalue weighted by molar-refractivity contribution is -0.142. The second kappa shape index (κ2) is 7.12. The molecule has 1 aromatic carbocycles. The predicted octanol–water partition coefficient (Wildman–Crippen LogP) is 2.54. The highest BCUT2D eigenvalue weighted by molar-refractivity contribution is 5.16. The molecule has 1 aromatic heterocycles. The van der Waals surface area contributed by atoms with Gasteiger partial charge in [0.2, 0.25) is 6.29 Å². The van der Waals surface area contributed by atoms with E-state index in [1.54, 1.807) is 23.0 Å². The van der Waals surface area contributed by atoms with Gasteiger partial charge in [0, 0.05) is 13.2 Å². The summed E-state index contributed by atoms with van der Waals surface area (Å²) in [6.45, 7) is 5.40. The molecule has 108 valence electrons. The number of hydrogen-bond acceptors (Lipinski definition) is 4. The molecule has 6 heteroatoms. The quantitative estimate of drug-likeness (QED) is 0.731. The van der Waals surface area contributed by atoms with Crippen molar-refractivity contribution in [3.63, 3.8) is 0 Å². The second-order valence-corrected chi connectivity index (χ2v) is 4.21. The summed E-state index contributed by atoms with van der Waals surface area (Å²) in [7, 11) is 0. The van der Waals surface area contributed by atoms with Crippen molar-refractivity contribution >= 4 is 0 Å². The third-order valence-corrected chi connectivity index (χ3v) is 2.69. The molecule has 0 saturated carbocycles. The molecular weight excluding hydrogens is 261 g/mol. The summed E-state index contributed by atoms with van der Waals surface area (Å²) in [5.41, 5.74) is 1.59. The monoisotopic (exact) mass is 279 g/mol. The Morgan fingerprint density at radius 2 is 1.80 bits per heavy atom. The topological polar surface area (TPSA) is 49.2 Å². The van der Waals surface area contributed by atoms with E-state index in [0.717, 1.165) is 5.56 Å². The standard InChI is InChI=1S/C14H18FN3O2/c1-3-19-14(20-4-2)13-10-18(17-16-13)9-11-5-7-12(15)8-6-11/h5-8,10,14H,3-4,9H2,1-2H3. The van der Waals surface area contributed by atoms with Crippen LogP contribution in [-0.2, 0) is 16.0 Å². The van der Waals surface area contributed by atoms with Gasteiger partial charge in [-0.1, -0.05) is 17.3 Å². The molecule has 0 saturated heterocycles. The number of rotatable bonds is 7. The van der Waals surface area contributed by atoms with Crippen molar-refractivity contribution in [2.45, 2.75) is 26.7 Å². The summed E-state index contributed by atoms with van der Waals surface area (Å²) in [6, 6.07) is 6.30. The maximum absolute atomic E-state index is 12.8. The van der Waals surface area contributed by atoms with Crippen molar-refractivity contribution in [3.05, 3.63) is 47.5 Å².